The van der Waals surface area contributed by atoms with Gasteiger partial charge in [0.15, 0.2) is 0 Å². The van der Waals surface area contributed by atoms with Gasteiger partial charge in [-0.05, 0) is 12.8 Å². The molecule has 1 aromatic heterocycles. The second kappa shape index (κ2) is 7.63. The Morgan fingerprint density at radius 3 is 2.47 bits per heavy atom. The standard InChI is InChI=1S/C12H20N4O3/c1-4-9-10(5-2)14-15-12(13-9)16(6-7-19-3)8-11(17)18/h4-8H2,1-3H3,(H,17,18). The predicted octanol–water partition coefficient (Wildman–Crippen LogP) is 0.534. The smallest absolute Gasteiger partial charge is 0.323 e. The second-order valence-corrected chi connectivity index (χ2v) is 4.02. The zero-order chi connectivity index (χ0) is 14.3. The monoisotopic (exact) mass is 268 g/mol. The molecule has 0 radical (unpaired) electrons. The van der Waals surface area contributed by atoms with Gasteiger partial charge in [-0.25, -0.2) is 4.98 Å². The molecular formula is C12H20N4O3. The molecule has 1 heterocycles. The van der Waals surface area contributed by atoms with Gasteiger partial charge in [-0.3, -0.25) is 4.79 Å². The number of carboxylic acid groups (broad SMARTS) is 1. The highest BCUT2D eigenvalue weighted by Crippen LogP contribution is 2.10. The summed E-state index contributed by atoms with van der Waals surface area (Å²) >= 11 is 0. The minimum absolute atomic E-state index is 0.167. The van der Waals surface area contributed by atoms with Gasteiger partial charge in [0, 0.05) is 13.7 Å². The van der Waals surface area contributed by atoms with Crippen LogP contribution in [0.3, 0.4) is 0 Å². The van der Waals surface area contributed by atoms with Crippen LogP contribution >= 0.6 is 0 Å². The van der Waals surface area contributed by atoms with Crippen LogP contribution < -0.4 is 4.90 Å². The molecule has 1 N–H and O–H groups in total. The third-order valence-electron chi connectivity index (χ3n) is 2.67. The van der Waals surface area contributed by atoms with Crippen molar-refractivity contribution in [3.8, 4) is 0 Å². The van der Waals surface area contributed by atoms with E-state index in [2.05, 4.69) is 15.2 Å². The summed E-state index contributed by atoms with van der Waals surface area (Å²) in [6.45, 7) is 4.64. The summed E-state index contributed by atoms with van der Waals surface area (Å²) in [4.78, 5) is 16.8. The summed E-state index contributed by atoms with van der Waals surface area (Å²) in [5, 5.41) is 17.0. The fourth-order valence-electron chi connectivity index (χ4n) is 1.68. The molecule has 0 aliphatic carbocycles. The first-order valence-electron chi connectivity index (χ1n) is 6.30. The van der Waals surface area contributed by atoms with E-state index >= 15 is 0 Å². The Morgan fingerprint density at radius 1 is 1.26 bits per heavy atom. The molecule has 0 aromatic carbocycles. The number of hydrogen-bond acceptors (Lipinski definition) is 6. The molecule has 19 heavy (non-hydrogen) atoms. The lowest BCUT2D eigenvalue weighted by atomic mass is 10.2. The molecule has 0 bridgehead atoms. The molecule has 0 aliphatic heterocycles. The van der Waals surface area contributed by atoms with Crippen LogP contribution in [-0.4, -0.2) is 53.1 Å². The lowest BCUT2D eigenvalue weighted by Crippen LogP contribution is -2.34. The van der Waals surface area contributed by atoms with Crippen molar-refractivity contribution in [2.45, 2.75) is 26.7 Å². The van der Waals surface area contributed by atoms with Gasteiger partial charge in [0.2, 0.25) is 5.95 Å². The molecular weight excluding hydrogens is 248 g/mol. The SMILES string of the molecule is CCc1nnc(N(CCOC)CC(=O)O)nc1CC. The number of aliphatic carboxylic acids is 1. The summed E-state index contributed by atoms with van der Waals surface area (Å²) in [6, 6.07) is 0. The van der Waals surface area contributed by atoms with Gasteiger partial charge in [0.25, 0.3) is 0 Å². The van der Waals surface area contributed by atoms with Crippen molar-refractivity contribution in [1.29, 1.82) is 0 Å². The van der Waals surface area contributed by atoms with E-state index in [4.69, 9.17) is 9.84 Å². The molecule has 0 unspecified atom stereocenters. The van der Waals surface area contributed by atoms with Crippen molar-refractivity contribution in [3.63, 3.8) is 0 Å². The van der Waals surface area contributed by atoms with E-state index in [9.17, 15) is 4.79 Å². The van der Waals surface area contributed by atoms with Gasteiger partial charge in [0.1, 0.15) is 6.54 Å². The number of carbonyl (C=O) groups is 1. The molecule has 7 heteroatoms. The van der Waals surface area contributed by atoms with Gasteiger partial charge < -0.3 is 14.7 Å². The zero-order valence-electron chi connectivity index (χ0n) is 11.6. The average Bonchev–Trinajstić information content (AvgIpc) is 2.42. The molecule has 0 amide bonds. The van der Waals surface area contributed by atoms with Crippen LogP contribution in [0.5, 0.6) is 0 Å². The van der Waals surface area contributed by atoms with Gasteiger partial charge >= 0.3 is 5.97 Å². The summed E-state index contributed by atoms with van der Waals surface area (Å²) in [7, 11) is 1.57. The number of hydrogen-bond donors (Lipinski definition) is 1. The van der Waals surface area contributed by atoms with Crippen LogP contribution in [0.4, 0.5) is 5.95 Å². The Labute approximate surface area is 112 Å². The Bertz CT molecular complexity index is 425. The van der Waals surface area contributed by atoms with Crippen LogP contribution in [0.1, 0.15) is 25.2 Å². The van der Waals surface area contributed by atoms with Gasteiger partial charge in [-0.2, -0.15) is 5.10 Å². The van der Waals surface area contributed by atoms with Crippen LogP contribution in [0, 0.1) is 0 Å². The number of rotatable bonds is 8. The van der Waals surface area contributed by atoms with Crippen LogP contribution in [0.2, 0.25) is 0 Å². The number of ether oxygens (including phenoxy) is 1. The van der Waals surface area contributed by atoms with Crippen LogP contribution in [0.25, 0.3) is 0 Å². The maximum Gasteiger partial charge on any atom is 0.323 e. The van der Waals surface area contributed by atoms with E-state index in [1.807, 2.05) is 13.8 Å². The quantitative estimate of drug-likeness (QED) is 0.735. The Morgan fingerprint density at radius 2 is 1.95 bits per heavy atom. The average molecular weight is 268 g/mol. The van der Waals surface area contributed by atoms with Crippen molar-refractivity contribution in [3.05, 3.63) is 11.4 Å². The predicted molar refractivity (Wildman–Crippen MR) is 70.3 cm³/mol. The fourth-order valence-corrected chi connectivity index (χ4v) is 1.68. The van der Waals surface area contributed by atoms with Crippen molar-refractivity contribution >= 4 is 11.9 Å². The highest BCUT2D eigenvalue weighted by atomic mass is 16.5. The highest BCUT2D eigenvalue weighted by molar-refractivity contribution is 5.72. The van der Waals surface area contributed by atoms with Crippen molar-refractivity contribution in [1.82, 2.24) is 15.2 Å². The van der Waals surface area contributed by atoms with Gasteiger partial charge in [-0.15, -0.1) is 5.10 Å². The number of nitrogens with zero attached hydrogens (tertiary/aromatic N) is 4. The summed E-state index contributed by atoms with van der Waals surface area (Å²) < 4.78 is 4.97. The van der Waals surface area contributed by atoms with Gasteiger partial charge in [-0.1, -0.05) is 13.8 Å². The van der Waals surface area contributed by atoms with Crippen molar-refractivity contribution in [2.75, 3.05) is 31.7 Å². The normalized spacial score (nSPS) is 10.5. The maximum absolute atomic E-state index is 10.9. The molecule has 0 saturated carbocycles. The molecule has 7 nitrogen and oxygen atoms in total. The lowest BCUT2D eigenvalue weighted by molar-refractivity contribution is -0.135. The molecule has 0 fully saturated rings. The van der Waals surface area contributed by atoms with E-state index in [1.54, 1.807) is 12.0 Å². The third kappa shape index (κ3) is 4.44. The Kier molecular flexibility index (Phi) is 6.14. The summed E-state index contributed by atoms with van der Waals surface area (Å²) in [6.07, 6.45) is 1.51. The topological polar surface area (TPSA) is 88.4 Å². The molecule has 0 saturated heterocycles. The number of methoxy groups -OCH3 is 1. The number of carboxylic acids is 1. The molecule has 106 valence electrons. The largest absolute Gasteiger partial charge is 0.480 e. The van der Waals surface area contributed by atoms with E-state index in [1.165, 1.54) is 0 Å². The fraction of sp³-hybridized carbons (Fsp3) is 0.667. The van der Waals surface area contributed by atoms with Crippen molar-refractivity contribution < 1.29 is 14.6 Å². The minimum atomic E-state index is -0.933. The highest BCUT2D eigenvalue weighted by Gasteiger charge is 2.15. The van der Waals surface area contributed by atoms with Crippen molar-refractivity contribution in [2.24, 2.45) is 0 Å². The minimum Gasteiger partial charge on any atom is -0.480 e. The summed E-state index contributed by atoms with van der Waals surface area (Å²) in [5.41, 5.74) is 1.72. The number of aryl methyl sites for hydroxylation is 2. The van der Waals surface area contributed by atoms with E-state index < -0.39 is 5.97 Å². The van der Waals surface area contributed by atoms with Gasteiger partial charge in [0.05, 0.1) is 18.0 Å². The molecule has 0 atom stereocenters. The first-order valence-corrected chi connectivity index (χ1v) is 6.30. The Hall–Kier alpha value is -1.76. The maximum atomic E-state index is 10.9. The number of aromatic nitrogens is 3. The molecule has 0 spiro atoms. The van der Waals surface area contributed by atoms with E-state index in [0.717, 1.165) is 24.2 Å². The van der Waals surface area contributed by atoms with Crippen LogP contribution in [0.15, 0.2) is 0 Å². The van der Waals surface area contributed by atoms with Crippen LogP contribution in [-0.2, 0) is 22.4 Å². The second-order valence-electron chi connectivity index (χ2n) is 4.02. The molecule has 1 aromatic rings. The first kappa shape index (κ1) is 15.3. The molecule has 0 aliphatic rings. The summed E-state index contributed by atoms with van der Waals surface area (Å²) in [5.74, 6) is -0.592. The van der Waals surface area contributed by atoms with E-state index in [-0.39, 0.29) is 6.54 Å². The zero-order valence-corrected chi connectivity index (χ0v) is 11.6. The number of anilines is 1. The van der Waals surface area contributed by atoms with E-state index in [0.29, 0.717) is 19.1 Å². The molecule has 1 rings (SSSR count). The Balaban J connectivity index is 2.97. The third-order valence-corrected chi connectivity index (χ3v) is 2.67. The first-order chi connectivity index (χ1) is 9.12. The lowest BCUT2D eigenvalue weighted by Gasteiger charge is -2.20.